The molecule has 2 N–H and O–H groups in total. The van der Waals surface area contributed by atoms with Gasteiger partial charge in [0.1, 0.15) is 17.5 Å². The number of nitriles is 1. The van der Waals surface area contributed by atoms with Gasteiger partial charge in [-0.25, -0.2) is 0 Å². The van der Waals surface area contributed by atoms with Crippen molar-refractivity contribution in [1.82, 2.24) is 9.78 Å². The van der Waals surface area contributed by atoms with Crippen LogP contribution in [0.15, 0.2) is 18.2 Å². The van der Waals surface area contributed by atoms with Gasteiger partial charge in [-0.2, -0.15) is 10.4 Å². The van der Waals surface area contributed by atoms with E-state index in [0.717, 1.165) is 36.7 Å². The molecule has 1 aliphatic rings. The zero-order chi connectivity index (χ0) is 14.3. The molecule has 1 aromatic carbocycles. The molecule has 0 spiro atoms. The van der Waals surface area contributed by atoms with Crippen LogP contribution in [0.25, 0.3) is 0 Å². The fourth-order valence-corrected chi connectivity index (χ4v) is 2.93. The molecule has 0 radical (unpaired) electrons. The van der Waals surface area contributed by atoms with Crippen molar-refractivity contribution in [3.8, 4) is 6.07 Å². The van der Waals surface area contributed by atoms with Gasteiger partial charge in [-0.1, -0.05) is 12.1 Å². The largest absolute Gasteiger partial charge is 0.398 e. The molecule has 0 aliphatic carbocycles. The highest BCUT2D eigenvalue weighted by Gasteiger charge is 2.24. The highest BCUT2D eigenvalue weighted by Crippen LogP contribution is 2.30. The molecule has 0 saturated carbocycles. The Balaban J connectivity index is 2.03. The van der Waals surface area contributed by atoms with Gasteiger partial charge in [0.15, 0.2) is 0 Å². The number of nitrogens with two attached hydrogens (primary N) is 1. The number of hydrogen-bond acceptors (Lipinski definition) is 4. The van der Waals surface area contributed by atoms with Crippen LogP contribution in [0.5, 0.6) is 0 Å². The van der Waals surface area contributed by atoms with Crippen molar-refractivity contribution in [3.05, 3.63) is 40.6 Å². The molecular weight excluding hydrogens is 250 g/mol. The summed E-state index contributed by atoms with van der Waals surface area (Å²) in [6.45, 7) is 3.48. The van der Waals surface area contributed by atoms with Crippen molar-refractivity contribution in [2.45, 2.75) is 19.9 Å². The first-order valence-corrected chi connectivity index (χ1v) is 6.66. The third-order valence-electron chi connectivity index (χ3n) is 3.91. The number of benzene rings is 1. The maximum Gasteiger partial charge on any atom is 0.145 e. The summed E-state index contributed by atoms with van der Waals surface area (Å²) in [6, 6.07) is 8.32. The summed E-state index contributed by atoms with van der Waals surface area (Å²) in [5.74, 6) is 0.888. The van der Waals surface area contributed by atoms with Gasteiger partial charge < -0.3 is 10.6 Å². The van der Waals surface area contributed by atoms with E-state index < -0.39 is 0 Å². The molecule has 0 unspecified atom stereocenters. The number of rotatable bonds is 1. The number of aromatic nitrogens is 2. The fraction of sp³-hybridized carbons (Fsp3) is 0.333. The maximum atomic E-state index is 9.34. The van der Waals surface area contributed by atoms with Crippen LogP contribution in [0.4, 0.5) is 11.5 Å². The number of nitrogens with zero attached hydrogens (tertiary/aromatic N) is 4. The van der Waals surface area contributed by atoms with E-state index in [0.29, 0.717) is 5.56 Å². The smallest absolute Gasteiger partial charge is 0.145 e. The minimum Gasteiger partial charge on any atom is -0.398 e. The lowest BCUT2D eigenvalue weighted by atomic mass is 9.98. The number of aryl methyl sites for hydroxylation is 2. The number of hydrogen-bond donors (Lipinski definition) is 1. The van der Waals surface area contributed by atoms with Crippen molar-refractivity contribution in [2.24, 2.45) is 7.05 Å². The Bertz CT molecular complexity index is 708. The Morgan fingerprint density at radius 3 is 2.95 bits per heavy atom. The normalized spacial score (nSPS) is 13.9. The molecule has 0 bridgehead atoms. The SMILES string of the molecule is Cc1nn(C)c(N2CCc3cccc(N)c3C2)c1C#N. The Morgan fingerprint density at radius 1 is 1.40 bits per heavy atom. The molecule has 5 heteroatoms. The third kappa shape index (κ3) is 1.81. The third-order valence-corrected chi connectivity index (χ3v) is 3.91. The number of anilines is 2. The Labute approximate surface area is 118 Å². The molecule has 3 rings (SSSR count). The van der Waals surface area contributed by atoms with Crippen molar-refractivity contribution in [1.29, 1.82) is 5.26 Å². The highest BCUT2D eigenvalue weighted by molar-refractivity contribution is 5.61. The van der Waals surface area contributed by atoms with Crippen LogP contribution in [0.2, 0.25) is 0 Å². The summed E-state index contributed by atoms with van der Waals surface area (Å²) in [7, 11) is 1.88. The van der Waals surface area contributed by atoms with E-state index in [1.54, 1.807) is 4.68 Å². The first kappa shape index (κ1) is 12.5. The van der Waals surface area contributed by atoms with E-state index in [-0.39, 0.29) is 0 Å². The topological polar surface area (TPSA) is 70.9 Å². The lowest BCUT2D eigenvalue weighted by Crippen LogP contribution is -2.32. The number of nitrogen functional groups attached to an aromatic ring is 1. The molecule has 2 heterocycles. The predicted molar refractivity (Wildman–Crippen MR) is 78.3 cm³/mol. The molecular formula is C15H17N5. The summed E-state index contributed by atoms with van der Waals surface area (Å²) in [5.41, 5.74) is 10.8. The molecule has 0 fully saturated rings. The summed E-state index contributed by atoms with van der Waals surface area (Å²) < 4.78 is 1.79. The Morgan fingerprint density at radius 2 is 2.20 bits per heavy atom. The van der Waals surface area contributed by atoms with E-state index in [1.165, 1.54) is 11.1 Å². The summed E-state index contributed by atoms with van der Waals surface area (Å²) in [4.78, 5) is 2.19. The van der Waals surface area contributed by atoms with E-state index >= 15 is 0 Å². The van der Waals surface area contributed by atoms with Crippen LogP contribution >= 0.6 is 0 Å². The van der Waals surface area contributed by atoms with Crippen LogP contribution in [0, 0.1) is 18.3 Å². The van der Waals surface area contributed by atoms with Crippen LogP contribution in [-0.2, 0) is 20.0 Å². The quantitative estimate of drug-likeness (QED) is 0.799. The van der Waals surface area contributed by atoms with Gasteiger partial charge in [-0.15, -0.1) is 0 Å². The minimum atomic E-state index is 0.658. The lowest BCUT2D eigenvalue weighted by Gasteiger charge is -2.31. The Kier molecular flexibility index (Phi) is 2.87. The van der Waals surface area contributed by atoms with Crippen LogP contribution < -0.4 is 10.6 Å². The second-order valence-electron chi connectivity index (χ2n) is 5.18. The predicted octanol–water partition coefficient (Wildman–Crippen LogP) is 1.75. The van der Waals surface area contributed by atoms with E-state index in [1.807, 2.05) is 26.1 Å². The second kappa shape index (κ2) is 4.57. The first-order chi connectivity index (χ1) is 9.61. The van der Waals surface area contributed by atoms with Gasteiger partial charge >= 0.3 is 0 Å². The van der Waals surface area contributed by atoms with Crippen molar-refractivity contribution < 1.29 is 0 Å². The van der Waals surface area contributed by atoms with Gasteiger partial charge in [0.2, 0.25) is 0 Å². The van der Waals surface area contributed by atoms with Crippen LogP contribution in [0.1, 0.15) is 22.4 Å². The van der Waals surface area contributed by atoms with Gasteiger partial charge in [0, 0.05) is 25.8 Å². The van der Waals surface area contributed by atoms with E-state index in [4.69, 9.17) is 5.73 Å². The molecule has 0 atom stereocenters. The standard InChI is InChI=1S/C15H17N5/c1-10-12(8-16)15(19(2)18-10)20-7-6-11-4-3-5-14(17)13(11)9-20/h3-5H,6-7,9,17H2,1-2H3. The molecule has 1 aliphatic heterocycles. The van der Waals surface area contributed by atoms with Crippen LogP contribution in [-0.4, -0.2) is 16.3 Å². The van der Waals surface area contributed by atoms with Gasteiger partial charge in [0.25, 0.3) is 0 Å². The minimum absolute atomic E-state index is 0.658. The van der Waals surface area contributed by atoms with Crippen molar-refractivity contribution in [3.63, 3.8) is 0 Å². The van der Waals surface area contributed by atoms with Gasteiger partial charge in [0.05, 0.1) is 5.69 Å². The summed E-state index contributed by atoms with van der Waals surface area (Å²) in [6.07, 6.45) is 0.940. The fourth-order valence-electron chi connectivity index (χ4n) is 2.93. The van der Waals surface area contributed by atoms with Crippen LogP contribution in [0.3, 0.4) is 0 Å². The van der Waals surface area contributed by atoms with E-state index in [9.17, 15) is 5.26 Å². The second-order valence-corrected chi connectivity index (χ2v) is 5.18. The first-order valence-electron chi connectivity index (χ1n) is 6.66. The zero-order valence-electron chi connectivity index (χ0n) is 11.7. The van der Waals surface area contributed by atoms with Crippen molar-refractivity contribution >= 4 is 11.5 Å². The van der Waals surface area contributed by atoms with Gasteiger partial charge in [-0.3, -0.25) is 4.68 Å². The molecule has 20 heavy (non-hydrogen) atoms. The average Bonchev–Trinajstić information content (AvgIpc) is 2.73. The monoisotopic (exact) mass is 267 g/mol. The zero-order valence-corrected chi connectivity index (χ0v) is 11.7. The number of fused-ring (bicyclic) bond motifs is 1. The molecule has 1 aromatic heterocycles. The highest BCUT2D eigenvalue weighted by atomic mass is 15.4. The maximum absolute atomic E-state index is 9.34. The Hall–Kier alpha value is -2.48. The molecule has 0 saturated heterocycles. The van der Waals surface area contributed by atoms with E-state index in [2.05, 4.69) is 22.1 Å². The van der Waals surface area contributed by atoms with Crippen molar-refractivity contribution in [2.75, 3.05) is 17.2 Å². The molecule has 102 valence electrons. The van der Waals surface area contributed by atoms with Gasteiger partial charge in [-0.05, 0) is 30.5 Å². The average molecular weight is 267 g/mol. The summed E-state index contributed by atoms with van der Waals surface area (Å²) >= 11 is 0. The molecule has 2 aromatic rings. The summed E-state index contributed by atoms with van der Waals surface area (Å²) in [5, 5.41) is 13.7. The lowest BCUT2D eigenvalue weighted by molar-refractivity contribution is 0.669. The molecule has 0 amide bonds. The molecule has 5 nitrogen and oxygen atoms in total.